The first-order valence-corrected chi connectivity index (χ1v) is 9.14. The molecule has 0 fully saturated rings. The minimum atomic E-state index is -3.71. The Bertz CT molecular complexity index is 733. The Kier molecular flexibility index (Phi) is 4.62. The van der Waals surface area contributed by atoms with Crippen molar-refractivity contribution >= 4 is 49.1 Å². The Morgan fingerprint density at radius 2 is 1.95 bits per heavy atom. The molecule has 3 N–H and O–H groups in total. The first-order chi connectivity index (χ1) is 9.42. The fourth-order valence-corrected chi connectivity index (χ4v) is 3.82. The summed E-state index contributed by atoms with van der Waals surface area (Å²) in [4.78, 5) is 1.04. The summed E-state index contributed by atoms with van der Waals surface area (Å²) in [5, 5.41) is 0. The lowest BCUT2D eigenvalue weighted by Crippen LogP contribution is -2.14. The topological polar surface area (TPSA) is 72.2 Å². The van der Waals surface area contributed by atoms with Crippen LogP contribution < -0.4 is 10.5 Å². The third-order valence-corrected chi connectivity index (χ3v) is 5.24. The molecule has 0 aliphatic carbocycles. The van der Waals surface area contributed by atoms with E-state index < -0.39 is 10.0 Å². The Morgan fingerprint density at radius 3 is 2.65 bits per heavy atom. The highest BCUT2D eigenvalue weighted by molar-refractivity contribution is 9.10. The fraction of sp³-hybridized carbons (Fsp3) is 0.0769. The highest BCUT2D eigenvalue weighted by atomic mass is 79.9. The molecule has 0 saturated carbocycles. The van der Waals surface area contributed by atoms with Crippen molar-refractivity contribution in [3.63, 3.8) is 0 Å². The maximum Gasteiger partial charge on any atom is 0.263 e. The molecule has 2 rings (SSSR count). The van der Waals surface area contributed by atoms with E-state index in [1.807, 2.05) is 12.3 Å². The van der Waals surface area contributed by atoms with E-state index in [1.54, 1.807) is 42.1 Å². The standard InChI is InChI=1S/C13H13BrN2O2S2/c1-19-11-4-2-3-10(8-11)16-20(17,18)13-7-9(14)5-6-12(13)15/h2-8,16H,15H2,1H3. The van der Waals surface area contributed by atoms with Crippen LogP contribution in [0, 0.1) is 0 Å². The molecule has 0 aliphatic heterocycles. The number of sulfonamides is 1. The molecule has 7 heteroatoms. The summed E-state index contributed by atoms with van der Waals surface area (Å²) in [6.45, 7) is 0. The van der Waals surface area contributed by atoms with Gasteiger partial charge in [0.15, 0.2) is 0 Å². The van der Waals surface area contributed by atoms with Crippen LogP contribution in [0.3, 0.4) is 0 Å². The second-order valence-corrected chi connectivity index (χ2v) is 7.47. The molecule has 0 atom stereocenters. The third-order valence-electron chi connectivity index (χ3n) is 2.59. The van der Waals surface area contributed by atoms with Gasteiger partial charge >= 0.3 is 0 Å². The normalized spacial score (nSPS) is 11.3. The SMILES string of the molecule is CSc1cccc(NS(=O)(=O)c2cc(Br)ccc2N)c1. The van der Waals surface area contributed by atoms with Crippen LogP contribution in [0.25, 0.3) is 0 Å². The maximum atomic E-state index is 12.4. The van der Waals surface area contributed by atoms with E-state index in [1.165, 1.54) is 6.07 Å². The number of hydrogen-bond acceptors (Lipinski definition) is 4. The average molecular weight is 373 g/mol. The van der Waals surface area contributed by atoms with Gasteiger partial charge in [-0.3, -0.25) is 4.72 Å². The second kappa shape index (κ2) is 6.07. The molecule has 2 aromatic carbocycles. The molecule has 20 heavy (non-hydrogen) atoms. The van der Waals surface area contributed by atoms with Gasteiger partial charge in [0.2, 0.25) is 0 Å². The third kappa shape index (κ3) is 3.47. The van der Waals surface area contributed by atoms with Gasteiger partial charge in [-0.05, 0) is 42.7 Å². The molecule has 2 aromatic rings. The van der Waals surface area contributed by atoms with E-state index in [0.29, 0.717) is 10.2 Å². The van der Waals surface area contributed by atoms with Crippen LogP contribution in [0.5, 0.6) is 0 Å². The molecule has 0 unspecified atom stereocenters. The van der Waals surface area contributed by atoms with Gasteiger partial charge in [0.1, 0.15) is 4.90 Å². The molecule has 0 saturated heterocycles. The number of thioether (sulfide) groups is 1. The van der Waals surface area contributed by atoms with Crippen molar-refractivity contribution in [2.45, 2.75) is 9.79 Å². The number of rotatable bonds is 4. The van der Waals surface area contributed by atoms with E-state index >= 15 is 0 Å². The first-order valence-electron chi connectivity index (χ1n) is 5.64. The van der Waals surface area contributed by atoms with Crippen molar-refractivity contribution in [2.75, 3.05) is 16.7 Å². The smallest absolute Gasteiger partial charge is 0.263 e. The molecule has 4 nitrogen and oxygen atoms in total. The zero-order valence-corrected chi connectivity index (χ0v) is 13.8. The van der Waals surface area contributed by atoms with Gasteiger partial charge in [0.05, 0.1) is 5.69 Å². The van der Waals surface area contributed by atoms with Crippen molar-refractivity contribution in [1.29, 1.82) is 0 Å². The second-order valence-electron chi connectivity index (χ2n) is 4.02. The molecular formula is C13H13BrN2O2S2. The Morgan fingerprint density at radius 1 is 1.20 bits per heavy atom. The van der Waals surface area contributed by atoms with Crippen LogP contribution in [-0.2, 0) is 10.0 Å². The zero-order valence-electron chi connectivity index (χ0n) is 10.6. The van der Waals surface area contributed by atoms with Gasteiger partial charge in [0.25, 0.3) is 10.0 Å². The van der Waals surface area contributed by atoms with Gasteiger partial charge < -0.3 is 5.73 Å². The number of nitrogens with two attached hydrogens (primary N) is 1. The number of benzene rings is 2. The number of nitrogens with one attached hydrogen (secondary N) is 1. The van der Waals surface area contributed by atoms with Crippen LogP contribution in [-0.4, -0.2) is 14.7 Å². The number of anilines is 2. The van der Waals surface area contributed by atoms with Crippen LogP contribution in [0.4, 0.5) is 11.4 Å². The van der Waals surface area contributed by atoms with Crippen molar-refractivity contribution < 1.29 is 8.42 Å². The van der Waals surface area contributed by atoms with Crippen LogP contribution in [0.15, 0.2) is 56.7 Å². The van der Waals surface area contributed by atoms with Gasteiger partial charge in [-0.2, -0.15) is 0 Å². The predicted octanol–water partition coefficient (Wildman–Crippen LogP) is 3.55. The van der Waals surface area contributed by atoms with E-state index in [-0.39, 0.29) is 10.6 Å². The summed E-state index contributed by atoms with van der Waals surface area (Å²) in [6.07, 6.45) is 1.93. The predicted molar refractivity (Wildman–Crippen MR) is 87.6 cm³/mol. The van der Waals surface area contributed by atoms with E-state index in [9.17, 15) is 8.42 Å². The van der Waals surface area contributed by atoms with E-state index in [2.05, 4.69) is 20.7 Å². The Labute approximate surface area is 130 Å². The van der Waals surface area contributed by atoms with Crippen molar-refractivity contribution in [3.05, 3.63) is 46.9 Å². The van der Waals surface area contributed by atoms with E-state index in [0.717, 1.165) is 4.90 Å². The highest BCUT2D eigenvalue weighted by Gasteiger charge is 2.18. The van der Waals surface area contributed by atoms with Crippen molar-refractivity contribution in [2.24, 2.45) is 0 Å². The molecule has 0 amide bonds. The van der Waals surface area contributed by atoms with Gasteiger partial charge in [-0.25, -0.2) is 8.42 Å². The summed E-state index contributed by atoms with van der Waals surface area (Å²) in [5.74, 6) is 0. The minimum Gasteiger partial charge on any atom is -0.398 e. The molecule has 0 heterocycles. The molecule has 0 aromatic heterocycles. The summed E-state index contributed by atoms with van der Waals surface area (Å²) < 4.78 is 27.9. The molecule has 0 radical (unpaired) electrons. The lowest BCUT2D eigenvalue weighted by atomic mass is 10.3. The number of halogens is 1. The summed E-state index contributed by atoms with van der Waals surface area (Å²) >= 11 is 4.79. The van der Waals surface area contributed by atoms with Crippen LogP contribution in [0.1, 0.15) is 0 Å². The average Bonchev–Trinajstić information content (AvgIpc) is 2.41. The van der Waals surface area contributed by atoms with Gasteiger partial charge in [0, 0.05) is 15.1 Å². The number of hydrogen-bond donors (Lipinski definition) is 2. The fourth-order valence-electron chi connectivity index (χ4n) is 1.64. The largest absolute Gasteiger partial charge is 0.398 e. The zero-order chi connectivity index (χ0) is 14.8. The Balaban J connectivity index is 2.38. The van der Waals surface area contributed by atoms with Gasteiger partial charge in [-0.15, -0.1) is 11.8 Å². The van der Waals surface area contributed by atoms with Crippen molar-refractivity contribution in [1.82, 2.24) is 0 Å². The maximum absolute atomic E-state index is 12.4. The van der Waals surface area contributed by atoms with Crippen molar-refractivity contribution in [3.8, 4) is 0 Å². The number of nitrogen functional groups attached to an aromatic ring is 1. The monoisotopic (exact) mass is 372 g/mol. The van der Waals surface area contributed by atoms with E-state index in [4.69, 9.17) is 5.73 Å². The highest BCUT2D eigenvalue weighted by Crippen LogP contribution is 2.26. The summed E-state index contributed by atoms with van der Waals surface area (Å²) in [6, 6.07) is 11.9. The van der Waals surface area contributed by atoms with Crippen LogP contribution >= 0.6 is 27.7 Å². The Hall–Kier alpha value is -1.18. The quantitative estimate of drug-likeness (QED) is 0.635. The lowest BCUT2D eigenvalue weighted by molar-refractivity contribution is 0.601. The summed E-state index contributed by atoms with van der Waals surface area (Å²) in [7, 11) is -3.71. The first kappa shape index (κ1) is 15.2. The molecule has 0 spiro atoms. The molecular weight excluding hydrogens is 360 g/mol. The lowest BCUT2D eigenvalue weighted by Gasteiger charge is -2.11. The summed E-state index contributed by atoms with van der Waals surface area (Å²) in [5.41, 5.74) is 6.46. The molecule has 106 valence electrons. The minimum absolute atomic E-state index is 0.0569. The van der Waals surface area contributed by atoms with Gasteiger partial charge in [-0.1, -0.05) is 22.0 Å². The molecule has 0 bridgehead atoms. The van der Waals surface area contributed by atoms with Crippen LogP contribution in [0.2, 0.25) is 0 Å². The molecule has 0 aliphatic rings.